The van der Waals surface area contributed by atoms with Crippen molar-refractivity contribution in [1.82, 2.24) is 15.1 Å². The summed E-state index contributed by atoms with van der Waals surface area (Å²) in [6.07, 6.45) is -2.73. The molecule has 0 spiro atoms. The summed E-state index contributed by atoms with van der Waals surface area (Å²) in [6, 6.07) is 15.1. The summed E-state index contributed by atoms with van der Waals surface area (Å²) >= 11 is 5.93. The number of benzene rings is 3. The Labute approximate surface area is 191 Å². The molecule has 9 heteroatoms. The predicted octanol–water partition coefficient (Wildman–Crippen LogP) is 6.33. The number of hydrogen-bond acceptors (Lipinski definition) is 3. The molecule has 4 aromatic rings. The lowest BCUT2D eigenvalue weighted by molar-refractivity contribution is -0.137. The van der Waals surface area contributed by atoms with Crippen LogP contribution in [0.4, 0.5) is 17.6 Å². The number of ether oxygens (including phenoxy) is 1. The molecule has 5 rings (SSSR count). The van der Waals surface area contributed by atoms with Crippen molar-refractivity contribution >= 4 is 28.2 Å². The molecule has 168 valence electrons. The number of nitrogens with zero attached hydrogens (tertiary/aromatic N) is 2. The Kier molecular flexibility index (Phi) is 5.25. The van der Waals surface area contributed by atoms with Crippen LogP contribution in [-0.4, -0.2) is 16.4 Å². The SMILES string of the molecule is Fc1ccc(-n2ncc3c(C(NCc4cccc(C(F)(F)F)c4)=C4CO4)cccc32)cc1Cl. The van der Waals surface area contributed by atoms with Gasteiger partial charge in [0.2, 0.25) is 0 Å². The van der Waals surface area contributed by atoms with E-state index >= 15 is 0 Å². The van der Waals surface area contributed by atoms with Crippen LogP contribution in [0, 0.1) is 5.82 Å². The van der Waals surface area contributed by atoms with Gasteiger partial charge in [0.05, 0.1) is 33.7 Å². The molecular weight excluding hydrogens is 458 g/mol. The van der Waals surface area contributed by atoms with Gasteiger partial charge in [0.15, 0.2) is 5.76 Å². The number of rotatable bonds is 5. The molecule has 3 aromatic carbocycles. The van der Waals surface area contributed by atoms with E-state index in [1.54, 1.807) is 23.0 Å². The summed E-state index contributed by atoms with van der Waals surface area (Å²) in [5.74, 6) is 0.196. The van der Waals surface area contributed by atoms with Crippen LogP contribution >= 0.6 is 11.6 Å². The summed E-state index contributed by atoms with van der Waals surface area (Å²) in [4.78, 5) is 0. The van der Waals surface area contributed by atoms with Crippen molar-refractivity contribution in [2.45, 2.75) is 12.7 Å². The predicted molar refractivity (Wildman–Crippen MR) is 117 cm³/mol. The van der Waals surface area contributed by atoms with Crippen molar-refractivity contribution in [2.24, 2.45) is 0 Å². The zero-order chi connectivity index (χ0) is 23.2. The lowest BCUT2D eigenvalue weighted by Gasteiger charge is -2.13. The van der Waals surface area contributed by atoms with E-state index in [0.717, 1.165) is 28.6 Å². The third kappa shape index (κ3) is 4.26. The summed E-state index contributed by atoms with van der Waals surface area (Å²) < 4.78 is 59.8. The molecule has 0 aliphatic carbocycles. The third-order valence-corrected chi connectivity index (χ3v) is 5.61. The van der Waals surface area contributed by atoms with E-state index in [0.29, 0.717) is 29.3 Å². The van der Waals surface area contributed by atoms with Gasteiger partial charge in [0.25, 0.3) is 0 Å². The Balaban J connectivity index is 1.48. The fraction of sp³-hybridized carbons (Fsp3) is 0.125. The van der Waals surface area contributed by atoms with Gasteiger partial charge in [-0.2, -0.15) is 18.3 Å². The summed E-state index contributed by atoms with van der Waals surface area (Å²) in [5, 5.41) is 8.45. The van der Waals surface area contributed by atoms with Gasteiger partial charge in [-0.25, -0.2) is 9.07 Å². The van der Waals surface area contributed by atoms with E-state index in [-0.39, 0.29) is 11.6 Å². The van der Waals surface area contributed by atoms with Crippen molar-refractivity contribution in [1.29, 1.82) is 0 Å². The molecule has 1 N–H and O–H groups in total. The minimum Gasteiger partial charge on any atom is -0.484 e. The zero-order valence-electron chi connectivity index (χ0n) is 17.0. The molecule has 0 amide bonds. The van der Waals surface area contributed by atoms with Gasteiger partial charge < -0.3 is 10.1 Å². The van der Waals surface area contributed by atoms with Crippen LogP contribution in [0.3, 0.4) is 0 Å². The number of aromatic nitrogens is 2. The van der Waals surface area contributed by atoms with Crippen LogP contribution < -0.4 is 5.32 Å². The third-order valence-electron chi connectivity index (χ3n) is 5.32. The van der Waals surface area contributed by atoms with Gasteiger partial charge in [0, 0.05) is 17.5 Å². The fourth-order valence-electron chi connectivity index (χ4n) is 3.66. The highest BCUT2D eigenvalue weighted by Crippen LogP contribution is 2.33. The number of alkyl halides is 3. The second-order valence-electron chi connectivity index (χ2n) is 7.53. The molecule has 1 aliphatic rings. The topological polar surface area (TPSA) is 42.4 Å². The minimum atomic E-state index is -4.40. The lowest BCUT2D eigenvalue weighted by Crippen LogP contribution is -2.14. The lowest BCUT2D eigenvalue weighted by atomic mass is 10.1. The highest BCUT2D eigenvalue weighted by atomic mass is 35.5. The second kappa shape index (κ2) is 8.12. The van der Waals surface area contributed by atoms with Gasteiger partial charge in [-0.3, -0.25) is 0 Å². The fourth-order valence-corrected chi connectivity index (χ4v) is 3.84. The molecule has 33 heavy (non-hydrogen) atoms. The quantitative estimate of drug-likeness (QED) is 0.272. The van der Waals surface area contributed by atoms with Crippen LogP contribution in [0.1, 0.15) is 16.7 Å². The number of fused-ring (bicyclic) bond motifs is 1. The van der Waals surface area contributed by atoms with Crippen LogP contribution in [0.15, 0.2) is 72.6 Å². The Morgan fingerprint density at radius 2 is 1.88 bits per heavy atom. The van der Waals surface area contributed by atoms with E-state index in [1.165, 1.54) is 18.2 Å². The van der Waals surface area contributed by atoms with E-state index in [2.05, 4.69) is 10.4 Å². The maximum Gasteiger partial charge on any atom is 0.416 e. The van der Waals surface area contributed by atoms with Crippen LogP contribution in [0.25, 0.3) is 22.3 Å². The molecule has 1 aromatic heterocycles. The largest absolute Gasteiger partial charge is 0.484 e. The maximum atomic E-state index is 13.6. The van der Waals surface area contributed by atoms with Crippen molar-refractivity contribution in [2.75, 3.05) is 6.61 Å². The summed E-state index contributed by atoms with van der Waals surface area (Å²) in [7, 11) is 0. The van der Waals surface area contributed by atoms with Gasteiger partial charge in [-0.05, 0) is 42.0 Å². The number of hydrogen-bond donors (Lipinski definition) is 1. The van der Waals surface area contributed by atoms with E-state index in [9.17, 15) is 17.6 Å². The van der Waals surface area contributed by atoms with Gasteiger partial charge >= 0.3 is 6.18 Å². The first-order chi connectivity index (χ1) is 15.8. The molecule has 2 heterocycles. The first-order valence-electron chi connectivity index (χ1n) is 10.00. The molecule has 0 bridgehead atoms. The van der Waals surface area contributed by atoms with Crippen LogP contribution in [0.5, 0.6) is 0 Å². The zero-order valence-corrected chi connectivity index (χ0v) is 17.7. The van der Waals surface area contributed by atoms with E-state index in [1.807, 2.05) is 18.2 Å². The summed E-state index contributed by atoms with van der Waals surface area (Å²) in [5.41, 5.74) is 2.64. The van der Waals surface area contributed by atoms with Gasteiger partial charge in [-0.15, -0.1) is 0 Å². The molecular formula is C24H16ClF4N3O. The molecule has 0 unspecified atom stereocenters. The standard InChI is InChI=1S/C24H16ClF4N3O/c25-19-10-16(7-8-20(19)26)32-21-6-2-5-17(18(21)12-31-32)23(22-13-33-22)30-11-14-3-1-4-15(9-14)24(27,28)29/h1-10,12,30H,11,13H2. The minimum absolute atomic E-state index is 0.00996. The Bertz CT molecular complexity index is 1390. The molecule has 4 nitrogen and oxygen atoms in total. The average Bonchev–Trinajstić information content (AvgIpc) is 3.53. The van der Waals surface area contributed by atoms with E-state index < -0.39 is 17.6 Å². The Morgan fingerprint density at radius 1 is 1.09 bits per heavy atom. The Morgan fingerprint density at radius 3 is 2.61 bits per heavy atom. The smallest absolute Gasteiger partial charge is 0.416 e. The molecule has 1 fully saturated rings. The first-order valence-corrected chi connectivity index (χ1v) is 10.4. The van der Waals surface area contributed by atoms with Crippen LogP contribution in [-0.2, 0) is 17.5 Å². The van der Waals surface area contributed by atoms with Crippen molar-refractivity contribution in [3.05, 3.63) is 100 Å². The molecule has 0 atom stereocenters. The number of nitrogens with one attached hydrogen (secondary N) is 1. The maximum absolute atomic E-state index is 13.6. The molecule has 1 saturated heterocycles. The van der Waals surface area contributed by atoms with Gasteiger partial charge in [0.1, 0.15) is 12.4 Å². The van der Waals surface area contributed by atoms with Gasteiger partial charge in [-0.1, -0.05) is 35.9 Å². The summed E-state index contributed by atoms with van der Waals surface area (Å²) in [6.45, 7) is 0.618. The number of epoxide rings is 1. The number of halogens is 5. The molecule has 0 radical (unpaired) electrons. The molecule has 1 aliphatic heterocycles. The average molecular weight is 474 g/mol. The normalized spacial score (nSPS) is 14.8. The monoisotopic (exact) mass is 473 g/mol. The van der Waals surface area contributed by atoms with Crippen molar-refractivity contribution in [3.63, 3.8) is 0 Å². The highest BCUT2D eigenvalue weighted by molar-refractivity contribution is 6.30. The van der Waals surface area contributed by atoms with Crippen LogP contribution in [0.2, 0.25) is 5.02 Å². The van der Waals surface area contributed by atoms with E-state index in [4.69, 9.17) is 16.3 Å². The Hall–Kier alpha value is -3.52. The molecule has 0 saturated carbocycles. The second-order valence-corrected chi connectivity index (χ2v) is 7.94. The van der Waals surface area contributed by atoms with Crippen molar-refractivity contribution in [3.8, 4) is 5.69 Å². The van der Waals surface area contributed by atoms with Crippen molar-refractivity contribution < 1.29 is 22.3 Å². The highest BCUT2D eigenvalue weighted by Gasteiger charge is 2.30. The first kappa shape index (κ1) is 21.3.